The fourth-order valence-electron chi connectivity index (χ4n) is 2.78. The zero-order valence-electron chi connectivity index (χ0n) is 12.4. The second kappa shape index (κ2) is 4.98. The van der Waals surface area contributed by atoms with Crippen LogP contribution in [0.2, 0.25) is 0 Å². The van der Waals surface area contributed by atoms with Gasteiger partial charge in [-0.05, 0) is 36.4 Å². The van der Waals surface area contributed by atoms with Gasteiger partial charge in [0.2, 0.25) is 0 Å². The molecule has 0 bridgehead atoms. The van der Waals surface area contributed by atoms with Gasteiger partial charge in [0.15, 0.2) is 0 Å². The zero-order valence-corrected chi connectivity index (χ0v) is 12.4. The van der Waals surface area contributed by atoms with Crippen molar-refractivity contribution < 1.29 is 17.9 Å². The number of aromatic nitrogens is 4. The van der Waals surface area contributed by atoms with Gasteiger partial charge < -0.3 is 9.72 Å². The molecular weight excluding hydrogens is 321 g/mol. The lowest BCUT2D eigenvalue weighted by Gasteiger charge is -2.08. The van der Waals surface area contributed by atoms with E-state index in [0.29, 0.717) is 16.6 Å². The van der Waals surface area contributed by atoms with Crippen molar-refractivity contribution in [2.75, 3.05) is 0 Å². The summed E-state index contributed by atoms with van der Waals surface area (Å²) < 4.78 is 43.0. The SMILES string of the molecule is Cn1nc2ccc(OC(F)(F)F)cc2c1-c1cc2ncccc2[nH]1. The molecule has 0 spiro atoms. The van der Waals surface area contributed by atoms with E-state index in [1.165, 1.54) is 18.2 Å². The Bertz CT molecular complexity index is 1020. The number of hydrogen-bond acceptors (Lipinski definition) is 3. The standard InChI is InChI=1S/C16H11F3N4O/c1-23-15(14-8-13-12(21-14)3-2-6-20-13)10-7-9(24-16(17,18)19)4-5-11(10)22-23/h2-8,21H,1H3. The number of alkyl halides is 3. The number of ether oxygens (including phenoxy) is 1. The summed E-state index contributed by atoms with van der Waals surface area (Å²) in [6.07, 6.45) is -3.06. The van der Waals surface area contributed by atoms with Gasteiger partial charge >= 0.3 is 6.36 Å². The summed E-state index contributed by atoms with van der Waals surface area (Å²) in [6, 6.07) is 9.61. The largest absolute Gasteiger partial charge is 0.573 e. The van der Waals surface area contributed by atoms with Crippen LogP contribution in [0.1, 0.15) is 0 Å². The van der Waals surface area contributed by atoms with Gasteiger partial charge in [-0.2, -0.15) is 5.10 Å². The lowest BCUT2D eigenvalue weighted by atomic mass is 10.1. The number of hydrogen-bond donors (Lipinski definition) is 1. The van der Waals surface area contributed by atoms with Gasteiger partial charge in [0.25, 0.3) is 0 Å². The molecule has 1 aromatic carbocycles. The number of aryl methyl sites for hydroxylation is 1. The molecule has 8 heteroatoms. The minimum Gasteiger partial charge on any atom is -0.406 e. The molecule has 122 valence electrons. The van der Waals surface area contributed by atoms with Crippen LogP contribution in [-0.2, 0) is 7.05 Å². The lowest BCUT2D eigenvalue weighted by molar-refractivity contribution is -0.274. The highest BCUT2D eigenvalue weighted by atomic mass is 19.4. The Labute approximate surface area is 133 Å². The van der Waals surface area contributed by atoms with Crippen molar-refractivity contribution in [3.05, 3.63) is 42.6 Å². The number of pyridine rings is 1. The quantitative estimate of drug-likeness (QED) is 0.603. The molecule has 3 aromatic heterocycles. The third kappa shape index (κ3) is 2.45. The third-order valence-corrected chi connectivity index (χ3v) is 3.68. The van der Waals surface area contributed by atoms with Crippen LogP contribution >= 0.6 is 0 Å². The van der Waals surface area contributed by atoms with Crippen molar-refractivity contribution >= 4 is 21.9 Å². The second-order valence-electron chi connectivity index (χ2n) is 5.32. The molecular formula is C16H11F3N4O. The molecule has 0 saturated heterocycles. The van der Waals surface area contributed by atoms with Gasteiger partial charge in [-0.15, -0.1) is 13.2 Å². The van der Waals surface area contributed by atoms with Crippen LogP contribution in [0.25, 0.3) is 33.3 Å². The number of nitrogens with one attached hydrogen (secondary N) is 1. The van der Waals surface area contributed by atoms with E-state index in [1.54, 1.807) is 24.0 Å². The first-order valence-electron chi connectivity index (χ1n) is 7.07. The number of rotatable bonds is 2. The normalized spacial score (nSPS) is 12.2. The van der Waals surface area contributed by atoms with E-state index in [9.17, 15) is 13.2 Å². The molecule has 5 nitrogen and oxygen atoms in total. The summed E-state index contributed by atoms with van der Waals surface area (Å²) in [5.41, 5.74) is 3.57. The van der Waals surface area contributed by atoms with Gasteiger partial charge in [-0.25, -0.2) is 0 Å². The topological polar surface area (TPSA) is 55.7 Å². The Morgan fingerprint density at radius 2 is 1.96 bits per heavy atom. The predicted octanol–water partition coefficient (Wildman–Crippen LogP) is 4.02. The van der Waals surface area contributed by atoms with Crippen molar-refractivity contribution in [1.29, 1.82) is 0 Å². The molecule has 0 atom stereocenters. The first-order chi connectivity index (χ1) is 11.4. The van der Waals surface area contributed by atoms with Gasteiger partial charge in [0, 0.05) is 18.6 Å². The maximum atomic E-state index is 12.5. The Balaban J connectivity index is 1.90. The average Bonchev–Trinajstić information content (AvgIpc) is 3.04. The molecule has 4 rings (SSSR count). The highest BCUT2D eigenvalue weighted by Crippen LogP contribution is 2.33. The van der Waals surface area contributed by atoms with Crippen LogP contribution in [0.4, 0.5) is 13.2 Å². The summed E-state index contributed by atoms with van der Waals surface area (Å²) in [6.45, 7) is 0. The van der Waals surface area contributed by atoms with Crippen molar-refractivity contribution in [2.45, 2.75) is 6.36 Å². The molecule has 24 heavy (non-hydrogen) atoms. The fraction of sp³-hybridized carbons (Fsp3) is 0.125. The average molecular weight is 332 g/mol. The number of halogens is 3. The summed E-state index contributed by atoms with van der Waals surface area (Å²) in [4.78, 5) is 7.47. The fourth-order valence-corrected chi connectivity index (χ4v) is 2.78. The van der Waals surface area contributed by atoms with Gasteiger partial charge in [-0.3, -0.25) is 9.67 Å². The van der Waals surface area contributed by atoms with Crippen LogP contribution in [0.5, 0.6) is 5.75 Å². The van der Waals surface area contributed by atoms with Crippen LogP contribution in [-0.4, -0.2) is 26.1 Å². The number of aromatic amines is 1. The first kappa shape index (κ1) is 14.6. The summed E-state index contributed by atoms with van der Waals surface area (Å²) in [5, 5.41) is 4.90. The molecule has 0 amide bonds. The molecule has 0 aliphatic carbocycles. The summed E-state index contributed by atoms with van der Waals surface area (Å²) in [7, 11) is 1.73. The second-order valence-corrected chi connectivity index (χ2v) is 5.32. The molecule has 0 aliphatic heterocycles. The Morgan fingerprint density at radius 1 is 1.12 bits per heavy atom. The number of benzene rings is 1. The Hall–Kier alpha value is -3.03. The first-order valence-corrected chi connectivity index (χ1v) is 7.07. The molecule has 1 N–H and O–H groups in total. The van der Waals surface area contributed by atoms with Crippen LogP contribution in [0, 0.1) is 0 Å². The molecule has 0 saturated carbocycles. The van der Waals surface area contributed by atoms with Crippen LogP contribution in [0.15, 0.2) is 42.6 Å². The van der Waals surface area contributed by atoms with Crippen molar-refractivity contribution in [3.63, 3.8) is 0 Å². The van der Waals surface area contributed by atoms with E-state index in [0.717, 1.165) is 16.7 Å². The maximum absolute atomic E-state index is 12.5. The van der Waals surface area contributed by atoms with Crippen LogP contribution < -0.4 is 4.74 Å². The van der Waals surface area contributed by atoms with Crippen molar-refractivity contribution in [1.82, 2.24) is 19.7 Å². The predicted molar refractivity (Wildman–Crippen MR) is 82.5 cm³/mol. The summed E-state index contributed by atoms with van der Waals surface area (Å²) >= 11 is 0. The molecule has 0 fully saturated rings. The van der Waals surface area contributed by atoms with Gasteiger partial charge in [-0.1, -0.05) is 0 Å². The van der Waals surface area contributed by atoms with Crippen molar-refractivity contribution in [3.8, 4) is 17.1 Å². The van der Waals surface area contributed by atoms with E-state index >= 15 is 0 Å². The van der Waals surface area contributed by atoms with E-state index in [2.05, 4.69) is 19.8 Å². The number of fused-ring (bicyclic) bond motifs is 2. The third-order valence-electron chi connectivity index (χ3n) is 3.68. The van der Waals surface area contributed by atoms with Gasteiger partial charge in [0.1, 0.15) is 5.75 Å². The van der Waals surface area contributed by atoms with Crippen LogP contribution in [0.3, 0.4) is 0 Å². The van der Waals surface area contributed by atoms with E-state index in [-0.39, 0.29) is 5.75 Å². The molecule has 0 unspecified atom stereocenters. The Morgan fingerprint density at radius 3 is 2.71 bits per heavy atom. The molecule has 3 heterocycles. The highest BCUT2D eigenvalue weighted by Gasteiger charge is 2.31. The Kier molecular flexibility index (Phi) is 3.02. The monoisotopic (exact) mass is 332 g/mol. The van der Waals surface area contributed by atoms with Crippen molar-refractivity contribution in [2.24, 2.45) is 7.05 Å². The molecule has 0 radical (unpaired) electrons. The maximum Gasteiger partial charge on any atom is 0.573 e. The zero-order chi connectivity index (χ0) is 16.9. The van der Waals surface area contributed by atoms with E-state index in [4.69, 9.17) is 0 Å². The van der Waals surface area contributed by atoms with Gasteiger partial charge in [0.05, 0.1) is 27.9 Å². The van der Waals surface area contributed by atoms with E-state index in [1.807, 2.05) is 12.1 Å². The smallest absolute Gasteiger partial charge is 0.406 e. The van der Waals surface area contributed by atoms with E-state index < -0.39 is 6.36 Å². The number of H-pyrrole nitrogens is 1. The number of nitrogens with zero attached hydrogens (tertiary/aromatic N) is 3. The highest BCUT2D eigenvalue weighted by molar-refractivity contribution is 5.95. The molecule has 0 aliphatic rings. The summed E-state index contributed by atoms with van der Waals surface area (Å²) in [5.74, 6) is -0.279. The molecule has 4 aromatic rings. The minimum absolute atomic E-state index is 0.279. The lowest BCUT2D eigenvalue weighted by Crippen LogP contribution is -2.16. The minimum atomic E-state index is -4.74.